The third-order valence-electron chi connectivity index (χ3n) is 5.20. The maximum Gasteiger partial charge on any atom is 0.337 e. The maximum atomic E-state index is 12.8. The van der Waals surface area contributed by atoms with Crippen molar-refractivity contribution in [3.05, 3.63) is 33.7 Å². The third-order valence-corrected chi connectivity index (χ3v) is 7.91. The fourth-order valence-corrected chi connectivity index (χ4v) is 6.08. The molecule has 2 aliphatic heterocycles. The van der Waals surface area contributed by atoms with Crippen molar-refractivity contribution in [2.24, 2.45) is 0 Å². The number of β-lactam (4-membered cyclic amide) rings is 1. The van der Waals surface area contributed by atoms with Crippen LogP contribution in [0.2, 0.25) is 0 Å². The number of hydrogen-bond donors (Lipinski definition) is 1. The summed E-state index contributed by atoms with van der Waals surface area (Å²) in [4.78, 5) is 51.3. The number of carbonyl (C=O) groups is 4. The summed E-state index contributed by atoms with van der Waals surface area (Å²) in [6.07, 6.45) is 1.83. The Labute approximate surface area is 176 Å². The molecular weight excluding hydrogens is 415 g/mol. The largest absolute Gasteiger partial charge is 0.539 e. The minimum Gasteiger partial charge on any atom is -0.539 e. The fourth-order valence-electron chi connectivity index (χ4n) is 3.64. The van der Waals surface area contributed by atoms with Crippen LogP contribution in [0.5, 0.6) is 0 Å². The van der Waals surface area contributed by atoms with Gasteiger partial charge in [0, 0.05) is 22.1 Å². The van der Waals surface area contributed by atoms with E-state index in [1.165, 1.54) is 43.0 Å². The smallest absolute Gasteiger partial charge is 0.337 e. The van der Waals surface area contributed by atoms with Gasteiger partial charge in [0.05, 0.1) is 6.42 Å². The lowest BCUT2D eigenvalue weighted by atomic mass is 9.99. The molecule has 8 nitrogen and oxygen atoms in total. The molecule has 1 spiro atoms. The highest BCUT2D eigenvalue weighted by Crippen LogP contribution is 2.62. The first-order valence-corrected chi connectivity index (χ1v) is 10.9. The SMILES string of the molecule is BOC(=O)C1=C(COC(C)=O)C2(CC2)S[C@@H]2[C@H](NC(=O)Cc3cccs3)C(=O)N12. The van der Waals surface area contributed by atoms with Crippen LogP contribution in [0.1, 0.15) is 24.6 Å². The van der Waals surface area contributed by atoms with Gasteiger partial charge in [-0.25, -0.2) is 4.79 Å². The van der Waals surface area contributed by atoms with Crippen LogP contribution in [0, 0.1) is 0 Å². The Balaban J connectivity index is 1.56. The molecule has 0 aromatic carbocycles. The minimum absolute atomic E-state index is 0.0569. The Morgan fingerprint density at radius 3 is 2.72 bits per heavy atom. The lowest BCUT2D eigenvalue weighted by Crippen LogP contribution is -2.71. The molecule has 1 saturated heterocycles. The van der Waals surface area contributed by atoms with Crippen molar-refractivity contribution in [3.63, 3.8) is 0 Å². The number of carbonyl (C=O) groups excluding carboxylic acids is 4. The number of amides is 2. The molecule has 2 amide bonds. The first-order chi connectivity index (χ1) is 13.9. The van der Waals surface area contributed by atoms with Gasteiger partial charge in [-0.1, -0.05) is 6.07 Å². The van der Waals surface area contributed by atoms with Crippen molar-refractivity contribution < 1.29 is 28.6 Å². The molecule has 1 aromatic rings. The zero-order chi connectivity index (χ0) is 20.8. The van der Waals surface area contributed by atoms with Crippen molar-refractivity contribution in [3.8, 4) is 0 Å². The summed E-state index contributed by atoms with van der Waals surface area (Å²) >= 11 is 3.02. The van der Waals surface area contributed by atoms with E-state index < -0.39 is 18.0 Å². The lowest BCUT2D eigenvalue weighted by molar-refractivity contribution is -0.150. The summed E-state index contributed by atoms with van der Waals surface area (Å²) in [6, 6.07) is 3.04. The predicted octanol–water partition coefficient (Wildman–Crippen LogP) is 0.132. The molecule has 152 valence electrons. The quantitative estimate of drug-likeness (QED) is 0.386. The Bertz CT molecular complexity index is 911. The molecule has 1 aliphatic carbocycles. The summed E-state index contributed by atoms with van der Waals surface area (Å²) in [6.45, 7) is 1.24. The van der Waals surface area contributed by atoms with E-state index in [2.05, 4.69) is 5.32 Å². The van der Waals surface area contributed by atoms with Gasteiger partial charge in [-0.05, 0) is 24.3 Å². The van der Waals surface area contributed by atoms with Crippen LogP contribution in [-0.2, 0) is 35.0 Å². The highest BCUT2D eigenvalue weighted by Gasteiger charge is 2.63. The van der Waals surface area contributed by atoms with E-state index in [9.17, 15) is 19.2 Å². The second kappa shape index (κ2) is 7.53. The first kappa shape index (κ1) is 20.0. The number of thioether (sulfide) groups is 1. The normalized spacial score (nSPS) is 23.9. The highest BCUT2D eigenvalue weighted by molar-refractivity contribution is 8.02. The molecule has 3 heterocycles. The van der Waals surface area contributed by atoms with E-state index in [4.69, 9.17) is 9.39 Å². The number of ether oxygens (including phenoxy) is 1. The molecule has 0 radical (unpaired) electrons. The second-order valence-corrected chi connectivity index (χ2v) is 9.64. The zero-order valence-electron chi connectivity index (χ0n) is 15.9. The highest BCUT2D eigenvalue weighted by atomic mass is 32.2. The monoisotopic (exact) mass is 434 g/mol. The summed E-state index contributed by atoms with van der Waals surface area (Å²) in [5.41, 5.74) is 0.751. The fraction of sp³-hybridized carbons (Fsp3) is 0.444. The van der Waals surface area contributed by atoms with Crippen molar-refractivity contribution in [2.75, 3.05) is 6.61 Å². The van der Waals surface area contributed by atoms with Gasteiger partial charge < -0.3 is 14.7 Å². The van der Waals surface area contributed by atoms with Gasteiger partial charge in [-0.3, -0.25) is 19.3 Å². The number of rotatable bonds is 6. The average Bonchev–Trinajstić information content (AvgIpc) is 3.27. The summed E-state index contributed by atoms with van der Waals surface area (Å²) < 4.78 is 9.70. The van der Waals surface area contributed by atoms with Gasteiger partial charge in [0.2, 0.25) is 5.91 Å². The van der Waals surface area contributed by atoms with Crippen LogP contribution in [-0.4, -0.2) is 59.5 Å². The Morgan fingerprint density at radius 1 is 1.38 bits per heavy atom. The first-order valence-electron chi connectivity index (χ1n) is 9.14. The summed E-state index contributed by atoms with van der Waals surface area (Å²) in [5.74, 6) is -1.69. The minimum atomic E-state index is -0.695. The van der Waals surface area contributed by atoms with Crippen molar-refractivity contribution in [2.45, 2.75) is 42.3 Å². The number of nitrogens with one attached hydrogen (secondary N) is 1. The molecule has 1 saturated carbocycles. The van der Waals surface area contributed by atoms with Crippen LogP contribution in [0.25, 0.3) is 0 Å². The van der Waals surface area contributed by atoms with Crippen LogP contribution in [0.4, 0.5) is 0 Å². The number of thiophene rings is 1. The van der Waals surface area contributed by atoms with Gasteiger partial charge >= 0.3 is 20.0 Å². The van der Waals surface area contributed by atoms with Crippen molar-refractivity contribution in [1.29, 1.82) is 0 Å². The van der Waals surface area contributed by atoms with Crippen LogP contribution >= 0.6 is 23.1 Å². The van der Waals surface area contributed by atoms with Crippen LogP contribution in [0.3, 0.4) is 0 Å². The maximum absolute atomic E-state index is 12.8. The van der Waals surface area contributed by atoms with Crippen molar-refractivity contribution >= 4 is 54.9 Å². The van der Waals surface area contributed by atoms with E-state index >= 15 is 0 Å². The van der Waals surface area contributed by atoms with E-state index in [-0.39, 0.29) is 40.7 Å². The van der Waals surface area contributed by atoms with E-state index in [0.29, 0.717) is 5.57 Å². The second-order valence-electron chi connectivity index (χ2n) is 7.11. The van der Waals surface area contributed by atoms with Gasteiger partial charge in [-0.15, -0.1) is 23.1 Å². The Hall–Kier alpha value is -2.27. The molecule has 4 rings (SSSR count). The number of hydrogen-bond acceptors (Lipinski definition) is 8. The summed E-state index contributed by atoms with van der Waals surface area (Å²) in [5, 5.41) is 4.32. The van der Waals surface area contributed by atoms with Gasteiger partial charge in [0.15, 0.2) is 0 Å². The van der Waals surface area contributed by atoms with Crippen molar-refractivity contribution in [1.82, 2.24) is 10.2 Å². The third kappa shape index (κ3) is 3.57. The molecule has 1 aromatic heterocycles. The van der Waals surface area contributed by atoms with Gasteiger partial charge in [0.25, 0.3) is 5.91 Å². The molecule has 2 atom stereocenters. The molecule has 2 fully saturated rings. The number of fused-ring (bicyclic) bond motifs is 1. The van der Waals surface area contributed by atoms with E-state index in [1.54, 1.807) is 0 Å². The topological polar surface area (TPSA) is 102 Å². The van der Waals surface area contributed by atoms with Gasteiger partial charge in [-0.2, -0.15) is 0 Å². The number of nitrogens with zero attached hydrogens (tertiary/aromatic N) is 1. The molecule has 29 heavy (non-hydrogen) atoms. The van der Waals surface area contributed by atoms with Crippen LogP contribution < -0.4 is 5.32 Å². The zero-order valence-corrected chi connectivity index (χ0v) is 17.6. The standard InChI is InChI=1S/C18H19BN2O6S2/c1-9(22)26-8-11-14(17(25)27-19)21-15(24)13(16(21)29-18(11)4-5-18)20-12(23)7-10-3-2-6-28-10/h2-3,6,13,16H,4-5,7-8,19H2,1H3,(H,20,23)/t13-,16-/m1/s1. The Morgan fingerprint density at radius 2 is 2.14 bits per heavy atom. The molecule has 0 unspecified atom stereocenters. The molecule has 1 N–H and O–H groups in total. The van der Waals surface area contributed by atoms with E-state index in [0.717, 1.165) is 17.7 Å². The molecule has 11 heteroatoms. The Kier molecular flexibility index (Phi) is 5.20. The molecular formula is C18H19BN2O6S2. The van der Waals surface area contributed by atoms with Crippen LogP contribution in [0.15, 0.2) is 28.8 Å². The average molecular weight is 434 g/mol. The predicted molar refractivity (Wildman–Crippen MR) is 108 cm³/mol. The molecule has 3 aliphatic rings. The number of esters is 1. The lowest BCUT2D eigenvalue weighted by Gasteiger charge is -2.52. The van der Waals surface area contributed by atoms with E-state index in [1.807, 2.05) is 17.5 Å². The molecule has 0 bridgehead atoms. The van der Waals surface area contributed by atoms with Gasteiger partial charge in [0.1, 0.15) is 23.7 Å². The summed E-state index contributed by atoms with van der Waals surface area (Å²) in [7, 11) is 1.25.